The lowest BCUT2D eigenvalue weighted by atomic mass is 9.93. The van der Waals surface area contributed by atoms with Crippen LogP contribution in [-0.4, -0.2) is 40.0 Å². The second-order valence-corrected chi connectivity index (χ2v) is 3.75. The average Bonchev–Trinajstić information content (AvgIpc) is 2.40. The van der Waals surface area contributed by atoms with Gasteiger partial charge in [-0.2, -0.15) is 0 Å². The highest BCUT2D eigenvalue weighted by molar-refractivity contribution is 5.58. The zero-order chi connectivity index (χ0) is 13.5. The standard InChI is InChI=1S/C13H17FO4/c1-16-11(8-15)12(13(17-2)18-3)9-4-6-10(14)7-5-9/h4-8,11-13H,1-3H3. The summed E-state index contributed by atoms with van der Waals surface area (Å²) in [6.07, 6.45) is -0.690. The summed E-state index contributed by atoms with van der Waals surface area (Å²) in [5.74, 6) is -0.799. The molecule has 0 aliphatic heterocycles. The molecule has 0 saturated carbocycles. The van der Waals surface area contributed by atoms with Gasteiger partial charge >= 0.3 is 0 Å². The van der Waals surface area contributed by atoms with E-state index in [2.05, 4.69) is 0 Å². The first-order valence-electron chi connectivity index (χ1n) is 5.47. The average molecular weight is 256 g/mol. The first-order chi connectivity index (χ1) is 8.67. The molecule has 1 rings (SSSR count). The van der Waals surface area contributed by atoms with Gasteiger partial charge in [-0.3, -0.25) is 0 Å². The molecule has 4 nitrogen and oxygen atoms in total. The van der Waals surface area contributed by atoms with Gasteiger partial charge in [0, 0.05) is 21.3 Å². The van der Waals surface area contributed by atoms with Crippen molar-refractivity contribution >= 4 is 6.29 Å². The van der Waals surface area contributed by atoms with Gasteiger partial charge in [-0.1, -0.05) is 12.1 Å². The third-order valence-corrected chi connectivity index (χ3v) is 2.77. The van der Waals surface area contributed by atoms with Crippen molar-refractivity contribution in [1.29, 1.82) is 0 Å². The summed E-state index contributed by atoms with van der Waals surface area (Å²) in [5, 5.41) is 0. The quantitative estimate of drug-likeness (QED) is 0.550. The van der Waals surface area contributed by atoms with Crippen LogP contribution < -0.4 is 0 Å². The molecule has 0 radical (unpaired) electrons. The maximum atomic E-state index is 12.9. The predicted octanol–water partition coefficient (Wildman–Crippen LogP) is 1.74. The summed E-state index contributed by atoms with van der Waals surface area (Å²) in [4.78, 5) is 11.0. The molecule has 2 unspecified atom stereocenters. The SMILES string of the molecule is COC(C=O)C(c1ccc(F)cc1)C(OC)OC. The van der Waals surface area contributed by atoms with Crippen molar-refractivity contribution in [1.82, 2.24) is 0 Å². The molecule has 0 bridgehead atoms. The Kier molecular flexibility index (Phi) is 5.91. The highest BCUT2D eigenvalue weighted by Gasteiger charge is 2.31. The van der Waals surface area contributed by atoms with E-state index in [9.17, 15) is 9.18 Å². The molecule has 5 heteroatoms. The lowest BCUT2D eigenvalue weighted by Crippen LogP contribution is -2.34. The number of hydrogen-bond acceptors (Lipinski definition) is 4. The van der Waals surface area contributed by atoms with E-state index in [1.807, 2.05) is 0 Å². The predicted molar refractivity (Wildman–Crippen MR) is 63.8 cm³/mol. The minimum Gasteiger partial charge on any atom is -0.373 e. The molecule has 0 fully saturated rings. The molecule has 0 saturated heterocycles. The highest BCUT2D eigenvalue weighted by atomic mass is 19.1. The van der Waals surface area contributed by atoms with Crippen molar-refractivity contribution < 1.29 is 23.4 Å². The van der Waals surface area contributed by atoms with E-state index >= 15 is 0 Å². The second-order valence-electron chi connectivity index (χ2n) is 3.75. The van der Waals surface area contributed by atoms with Crippen LogP contribution in [0, 0.1) is 5.82 Å². The number of ether oxygens (including phenoxy) is 3. The van der Waals surface area contributed by atoms with E-state index in [4.69, 9.17) is 14.2 Å². The van der Waals surface area contributed by atoms with Crippen LogP contribution in [0.1, 0.15) is 11.5 Å². The van der Waals surface area contributed by atoms with Crippen LogP contribution in [0.25, 0.3) is 0 Å². The normalized spacial score (nSPS) is 14.5. The first kappa shape index (κ1) is 14.8. The Balaban J connectivity index is 3.09. The molecule has 0 spiro atoms. The fourth-order valence-corrected chi connectivity index (χ4v) is 1.86. The number of carbonyl (C=O) groups is 1. The minimum atomic E-state index is -0.722. The van der Waals surface area contributed by atoms with Crippen molar-refractivity contribution in [2.24, 2.45) is 0 Å². The monoisotopic (exact) mass is 256 g/mol. The molecule has 1 aromatic carbocycles. The van der Waals surface area contributed by atoms with Gasteiger partial charge in [0.15, 0.2) is 6.29 Å². The molecular formula is C13H17FO4. The van der Waals surface area contributed by atoms with Crippen molar-refractivity contribution in [3.8, 4) is 0 Å². The molecule has 0 aliphatic rings. The fraction of sp³-hybridized carbons (Fsp3) is 0.462. The van der Waals surface area contributed by atoms with Gasteiger partial charge in [-0.05, 0) is 17.7 Å². The molecule has 0 heterocycles. The summed E-state index contributed by atoms with van der Waals surface area (Å²) >= 11 is 0. The lowest BCUT2D eigenvalue weighted by Gasteiger charge is -2.28. The van der Waals surface area contributed by atoms with Gasteiger partial charge in [0.2, 0.25) is 0 Å². The van der Waals surface area contributed by atoms with Crippen molar-refractivity contribution in [3.63, 3.8) is 0 Å². The number of benzene rings is 1. The number of methoxy groups -OCH3 is 3. The van der Waals surface area contributed by atoms with Gasteiger partial charge in [-0.25, -0.2) is 4.39 Å². The molecule has 0 aromatic heterocycles. The van der Waals surface area contributed by atoms with Crippen LogP contribution in [0.3, 0.4) is 0 Å². The van der Waals surface area contributed by atoms with E-state index < -0.39 is 18.3 Å². The first-order valence-corrected chi connectivity index (χ1v) is 5.47. The van der Waals surface area contributed by atoms with Gasteiger partial charge in [0.05, 0.1) is 5.92 Å². The fourth-order valence-electron chi connectivity index (χ4n) is 1.86. The number of halogens is 1. The lowest BCUT2D eigenvalue weighted by molar-refractivity contribution is -0.148. The molecule has 1 aromatic rings. The van der Waals surface area contributed by atoms with E-state index in [1.165, 1.54) is 33.5 Å². The maximum Gasteiger partial charge on any atom is 0.166 e. The third-order valence-electron chi connectivity index (χ3n) is 2.77. The Bertz CT molecular complexity index is 362. The summed E-state index contributed by atoms with van der Waals surface area (Å²) in [7, 11) is 4.38. The number of hydrogen-bond donors (Lipinski definition) is 0. The smallest absolute Gasteiger partial charge is 0.166 e. The van der Waals surface area contributed by atoms with Crippen LogP contribution in [0.5, 0.6) is 0 Å². The Labute approximate surface area is 106 Å². The van der Waals surface area contributed by atoms with E-state index in [-0.39, 0.29) is 5.82 Å². The maximum absolute atomic E-state index is 12.9. The van der Waals surface area contributed by atoms with Crippen LogP contribution in [-0.2, 0) is 19.0 Å². The van der Waals surface area contributed by atoms with E-state index in [0.29, 0.717) is 11.8 Å². The van der Waals surface area contributed by atoms with Crippen molar-refractivity contribution in [3.05, 3.63) is 35.6 Å². The zero-order valence-electron chi connectivity index (χ0n) is 10.6. The molecule has 2 atom stereocenters. The number of carbonyl (C=O) groups excluding carboxylic acids is 1. The van der Waals surface area contributed by atoms with Gasteiger partial charge in [-0.15, -0.1) is 0 Å². The molecule has 0 amide bonds. The topological polar surface area (TPSA) is 44.8 Å². The minimum absolute atomic E-state index is 0.344. The Hall–Kier alpha value is -1.30. The van der Waals surface area contributed by atoms with Crippen LogP contribution in [0.2, 0.25) is 0 Å². The Morgan fingerprint density at radius 3 is 2.00 bits per heavy atom. The number of rotatable bonds is 7. The van der Waals surface area contributed by atoms with Gasteiger partial charge in [0.25, 0.3) is 0 Å². The summed E-state index contributed by atoms with van der Waals surface area (Å²) in [5.41, 5.74) is 0.712. The second kappa shape index (κ2) is 7.20. The number of aldehydes is 1. The van der Waals surface area contributed by atoms with Crippen LogP contribution >= 0.6 is 0 Å². The summed E-state index contributed by atoms with van der Waals surface area (Å²) in [6.45, 7) is 0. The molecular weight excluding hydrogens is 239 g/mol. The molecule has 18 heavy (non-hydrogen) atoms. The summed E-state index contributed by atoms with van der Waals surface area (Å²) in [6, 6.07) is 5.81. The van der Waals surface area contributed by atoms with Crippen LogP contribution in [0.15, 0.2) is 24.3 Å². The van der Waals surface area contributed by atoms with Crippen molar-refractivity contribution in [2.45, 2.75) is 18.3 Å². The summed E-state index contributed by atoms with van der Waals surface area (Å²) < 4.78 is 28.4. The van der Waals surface area contributed by atoms with Crippen LogP contribution in [0.4, 0.5) is 4.39 Å². The Morgan fingerprint density at radius 2 is 1.61 bits per heavy atom. The zero-order valence-corrected chi connectivity index (χ0v) is 10.6. The largest absolute Gasteiger partial charge is 0.373 e. The van der Waals surface area contributed by atoms with Gasteiger partial charge in [0.1, 0.15) is 18.2 Å². The highest BCUT2D eigenvalue weighted by Crippen LogP contribution is 2.27. The van der Waals surface area contributed by atoms with E-state index in [1.54, 1.807) is 12.1 Å². The van der Waals surface area contributed by atoms with Crippen molar-refractivity contribution in [2.75, 3.05) is 21.3 Å². The molecule has 100 valence electrons. The third kappa shape index (κ3) is 3.35. The van der Waals surface area contributed by atoms with E-state index in [0.717, 1.165) is 0 Å². The molecule has 0 aliphatic carbocycles. The Morgan fingerprint density at radius 1 is 1.06 bits per heavy atom. The van der Waals surface area contributed by atoms with Gasteiger partial charge < -0.3 is 19.0 Å². The molecule has 0 N–H and O–H groups in total.